The number of carbonyl (C=O) groups excluding carboxylic acids is 1. The summed E-state index contributed by atoms with van der Waals surface area (Å²) >= 11 is 0. The average Bonchev–Trinajstić information content (AvgIpc) is 2.41. The van der Waals surface area contributed by atoms with Crippen molar-refractivity contribution in [2.24, 2.45) is 0 Å². The van der Waals surface area contributed by atoms with E-state index in [0.29, 0.717) is 0 Å². The normalized spacial score (nSPS) is 16.2. The molecule has 18 heavy (non-hydrogen) atoms. The van der Waals surface area contributed by atoms with Crippen molar-refractivity contribution in [3.63, 3.8) is 0 Å². The van der Waals surface area contributed by atoms with Gasteiger partial charge in [0.05, 0.1) is 0 Å². The number of hydrogen-bond donors (Lipinski definition) is 1. The maximum atomic E-state index is 11.9. The minimum atomic E-state index is 0.0837. The lowest BCUT2D eigenvalue weighted by Gasteiger charge is -2.25. The van der Waals surface area contributed by atoms with Crippen molar-refractivity contribution in [2.75, 3.05) is 13.1 Å². The molecule has 1 aromatic rings. The fraction of sp³-hybridized carbons (Fsp3) is 0.400. The third-order valence-electron chi connectivity index (χ3n) is 3.31. The monoisotopic (exact) mass is 245 g/mol. The van der Waals surface area contributed by atoms with Gasteiger partial charge < -0.3 is 10.0 Å². The number of phenols is 1. The van der Waals surface area contributed by atoms with Crippen LogP contribution in [0.5, 0.6) is 5.75 Å². The minimum absolute atomic E-state index is 0.0837. The van der Waals surface area contributed by atoms with E-state index in [-0.39, 0.29) is 11.7 Å². The SMILES string of the molecule is Cc1cc(/C=C/C(=O)N2CCCCC2)ccc1O. The second-order valence-corrected chi connectivity index (χ2v) is 4.77. The Labute approximate surface area is 108 Å². The molecule has 1 aliphatic rings. The number of aromatic hydroxyl groups is 1. The Morgan fingerprint density at radius 2 is 2.00 bits per heavy atom. The fourth-order valence-electron chi connectivity index (χ4n) is 2.17. The Kier molecular flexibility index (Phi) is 4.03. The molecule has 1 N–H and O–H groups in total. The number of nitrogens with zero attached hydrogens (tertiary/aromatic N) is 1. The van der Waals surface area contributed by atoms with E-state index in [9.17, 15) is 9.90 Å². The first-order valence-electron chi connectivity index (χ1n) is 6.43. The lowest BCUT2D eigenvalue weighted by molar-refractivity contribution is -0.126. The van der Waals surface area contributed by atoms with Gasteiger partial charge in [0.1, 0.15) is 5.75 Å². The number of aryl methyl sites for hydroxylation is 1. The Bertz CT molecular complexity index is 460. The van der Waals surface area contributed by atoms with Gasteiger partial charge in [0.15, 0.2) is 0 Å². The number of carbonyl (C=O) groups is 1. The van der Waals surface area contributed by atoms with Crippen molar-refractivity contribution in [3.05, 3.63) is 35.4 Å². The van der Waals surface area contributed by atoms with Crippen LogP contribution in [-0.2, 0) is 4.79 Å². The number of phenolic OH excluding ortho intramolecular Hbond substituents is 1. The number of likely N-dealkylation sites (tertiary alicyclic amines) is 1. The maximum absolute atomic E-state index is 11.9. The van der Waals surface area contributed by atoms with Crippen molar-refractivity contribution in [1.82, 2.24) is 4.90 Å². The first-order chi connectivity index (χ1) is 8.66. The van der Waals surface area contributed by atoms with Crippen LogP contribution in [0, 0.1) is 6.92 Å². The van der Waals surface area contributed by atoms with Crippen LogP contribution in [0.25, 0.3) is 6.08 Å². The summed E-state index contributed by atoms with van der Waals surface area (Å²) in [6.45, 7) is 3.59. The lowest BCUT2D eigenvalue weighted by Crippen LogP contribution is -2.34. The van der Waals surface area contributed by atoms with E-state index in [2.05, 4.69) is 0 Å². The molecule has 0 atom stereocenters. The molecule has 0 bridgehead atoms. The number of rotatable bonds is 2. The van der Waals surface area contributed by atoms with E-state index >= 15 is 0 Å². The summed E-state index contributed by atoms with van der Waals surface area (Å²) in [5.41, 5.74) is 1.76. The molecule has 3 heteroatoms. The van der Waals surface area contributed by atoms with Gasteiger partial charge in [-0.15, -0.1) is 0 Å². The van der Waals surface area contributed by atoms with E-state index in [1.807, 2.05) is 30.0 Å². The van der Waals surface area contributed by atoms with Crippen molar-refractivity contribution in [2.45, 2.75) is 26.2 Å². The van der Waals surface area contributed by atoms with Gasteiger partial charge in [0.2, 0.25) is 5.91 Å². The number of amides is 1. The Morgan fingerprint density at radius 3 is 2.67 bits per heavy atom. The zero-order valence-electron chi connectivity index (χ0n) is 10.7. The summed E-state index contributed by atoms with van der Waals surface area (Å²) < 4.78 is 0. The summed E-state index contributed by atoms with van der Waals surface area (Å²) in [5.74, 6) is 0.370. The van der Waals surface area contributed by atoms with Gasteiger partial charge in [-0.25, -0.2) is 0 Å². The molecule has 1 heterocycles. The predicted molar refractivity (Wildman–Crippen MR) is 72.3 cm³/mol. The topological polar surface area (TPSA) is 40.5 Å². The van der Waals surface area contributed by atoms with Crippen molar-refractivity contribution in [3.8, 4) is 5.75 Å². The van der Waals surface area contributed by atoms with Gasteiger partial charge in [-0.1, -0.05) is 6.07 Å². The summed E-state index contributed by atoms with van der Waals surface area (Å²) in [7, 11) is 0. The van der Waals surface area contributed by atoms with Gasteiger partial charge in [0, 0.05) is 19.2 Å². The van der Waals surface area contributed by atoms with Crippen LogP contribution in [0.4, 0.5) is 0 Å². The number of piperidine rings is 1. The molecule has 2 rings (SSSR count). The summed E-state index contributed by atoms with van der Waals surface area (Å²) in [4.78, 5) is 13.8. The van der Waals surface area contributed by atoms with Gasteiger partial charge in [-0.05, 0) is 55.5 Å². The highest BCUT2D eigenvalue weighted by atomic mass is 16.3. The summed E-state index contributed by atoms with van der Waals surface area (Å²) in [6, 6.07) is 5.33. The molecule has 0 aliphatic carbocycles. The fourth-order valence-corrected chi connectivity index (χ4v) is 2.17. The van der Waals surface area contributed by atoms with E-state index in [0.717, 1.165) is 37.1 Å². The summed E-state index contributed by atoms with van der Waals surface area (Å²) in [6.07, 6.45) is 6.88. The Morgan fingerprint density at radius 1 is 1.28 bits per heavy atom. The largest absolute Gasteiger partial charge is 0.508 e. The molecular formula is C15H19NO2. The van der Waals surface area contributed by atoms with Crippen molar-refractivity contribution >= 4 is 12.0 Å². The first-order valence-corrected chi connectivity index (χ1v) is 6.43. The van der Waals surface area contributed by atoms with Gasteiger partial charge >= 0.3 is 0 Å². The second-order valence-electron chi connectivity index (χ2n) is 4.77. The van der Waals surface area contributed by atoms with Crippen LogP contribution in [0.15, 0.2) is 24.3 Å². The third kappa shape index (κ3) is 3.13. The zero-order valence-corrected chi connectivity index (χ0v) is 10.7. The van der Waals surface area contributed by atoms with Gasteiger partial charge in [-0.3, -0.25) is 4.79 Å². The predicted octanol–water partition coefficient (Wildman–Crippen LogP) is 2.73. The maximum Gasteiger partial charge on any atom is 0.246 e. The lowest BCUT2D eigenvalue weighted by atomic mass is 10.1. The van der Waals surface area contributed by atoms with E-state index in [4.69, 9.17) is 0 Å². The third-order valence-corrected chi connectivity index (χ3v) is 3.31. The first kappa shape index (κ1) is 12.7. The molecule has 1 aliphatic heterocycles. The van der Waals surface area contributed by atoms with Crippen LogP contribution in [0.1, 0.15) is 30.4 Å². The molecule has 0 saturated carbocycles. The van der Waals surface area contributed by atoms with E-state index < -0.39 is 0 Å². The Hall–Kier alpha value is -1.77. The van der Waals surface area contributed by atoms with Crippen LogP contribution in [0.2, 0.25) is 0 Å². The molecule has 96 valence electrons. The van der Waals surface area contributed by atoms with Crippen LogP contribution >= 0.6 is 0 Å². The zero-order chi connectivity index (χ0) is 13.0. The van der Waals surface area contributed by atoms with Gasteiger partial charge in [-0.2, -0.15) is 0 Å². The smallest absolute Gasteiger partial charge is 0.246 e. The van der Waals surface area contributed by atoms with Crippen LogP contribution < -0.4 is 0 Å². The number of benzene rings is 1. The highest BCUT2D eigenvalue weighted by Gasteiger charge is 2.13. The quantitative estimate of drug-likeness (QED) is 0.814. The van der Waals surface area contributed by atoms with Gasteiger partial charge in [0.25, 0.3) is 0 Å². The van der Waals surface area contributed by atoms with Crippen molar-refractivity contribution in [1.29, 1.82) is 0 Å². The van der Waals surface area contributed by atoms with E-state index in [1.165, 1.54) is 6.42 Å². The van der Waals surface area contributed by atoms with Crippen molar-refractivity contribution < 1.29 is 9.90 Å². The molecule has 1 amide bonds. The molecule has 0 unspecified atom stereocenters. The van der Waals surface area contributed by atoms with E-state index in [1.54, 1.807) is 12.1 Å². The highest BCUT2D eigenvalue weighted by molar-refractivity contribution is 5.91. The highest BCUT2D eigenvalue weighted by Crippen LogP contribution is 2.18. The average molecular weight is 245 g/mol. The minimum Gasteiger partial charge on any atom is -0.508 e. The molecular weight excluding hydrogens is 226 g/mol. The summed E-state index contributed by atoms with van der Waals surface area (Å²) in [5, 5.41) is 9.43. The second kappa shape index (κ2) is 5.71. The number of hydrogen-bond acceptors (Lipinski definition) is 2. The molecule has 1 fully saturated rings. The molecule has 0 spiro atoms. The molecule has 0 aromatic heterocycles. The Balaban J connectivity index is 2.01. The van der Waals surface area contributed by atoms with Crippen LogP contribution in [-0.4, -0.2) is 29.0 Å². The molecule has 1 aromatic carbocycles. The molecule has 0 radical (unpaired) electrons. The molecule has 3 nitrogen and oxygen atoms in total. The molecule has 1 saturated heterocycles. The van der Waals surface area contributed by atoms with Crippen LogP contribution in [0.3, 0.4) is 0 Å². The standard InChI is InChI=1S/C15H19NO2/c1-12-11-13(5-7-14(12)17)6-8-15(18)16-9-3-2-4-10-16/h5-8,11,17H,2-4,9-10H2,1H3/b8-6+.